The van der Waals surface area contributed by atoms with Crippen molar-refractivity contribution >= 4 is 17.7 Å². The van der Waals surface area contributed by atoms with Gasteiger partial charge in [-0.15, -0.1) is 6.58 Å². The number of carbonyl (C=O) groups excluding carboxylic acids is 1. The molecule has 0 saturated carbocycles. The van der Waals surface area contributed by atoms with E-state index >= 15 is 0 Å². The van der Waals surface area contributed by atoms with Crippen molar-refractivity contribution in [2.45, 2.75) is 13.3 Å². The third-order valence-electron chi connectivity index (χ3n) is 2.51. The number of hydrogen-bond acceptors (Lipinski definition) is 2. The molecule has 96 valence electrons. The number of amides is 1. The van der Waals surface area contributed by atoms with Crippen molar-refractivity contribution in [3.8, 4) is 0 Å². The van der Waals surface area contributed by atoms with Gasteiger partial charge in [0.1, 0.15) is 0 Å². The molecule has 1 aromatic carbocycles. The predicted molar refractivity (Wildman–Crippen MR) is 77.0 cm³/mol. The highest BCUT2D eigenvalue weighted by molar-refractivity contribution is 5.91. The molecule has 0 aromatic heterocycles. The molecule has 1 rings (SSSR count). The third-order valence-corrected chi connectivity index (χ3v) is 2.51. The first-order valence-electron chi connectivity index (χ1n) is 6.10. The van der Waals surface area contributed by atoms with Gasteiger partial charge in [-0.25, -0.2) is 0 Å². The maximum Gasteiger partial charge on any atom is 0.246 e. The van der Waals surface area contributed by atoms with Crippen LogP contribution in [0, 0.1) is 0 Å². The molecular weight excluding hydrogens is 224 g/mol. The lowest BCUT2D eigenvalue weighted by molar-refractivity contribution is -0.125. The summed E-state index contributed by atoms with van der Waals surface area (Å²) < 4.78 is 0. The molecule has 0 unspecified atom stereocenters. The molecule has 1 aromatic rings. The normalized spacial score (nSPS) is 10.5. The van der Waals surface area contributed by atoms with Crippen LogP contribution in [0.1, 0.15) is 18.9 Å². The molecule has 0 aliphatic heterocycles. The van der Waals surface area contributed by atoms with E-state index in [1.807, 2.05) is 31.2 Å². The van der Waals surface area contributed by atoms with Gasteiger partial charge in [0.15, 0.2) is 0 Å². The van der Waals surface area contributed by atoms with Crippen LogP contribution >= 0.6 is 0 Å². The van der Waals surface area contributed by atoms with E-state index in [-0.39, 0.29) is 5.91 Å². The van der Waals surface area contributed by atoms with E-state index in [2.05, 4.69) is 6.58 Å². The zero-order valence-corrected chi connectivity index (χ0v) is 10.8. The third kappa shape index (κ3) is 4.45. The average molecular weight is 244 g/mol. The fraction of sp³-hybridized carbons (Fsp3) is 0.267. The minimum absolute atomic E-state index is 0.00794. The van der Waals surface area contributed by atoms with Crippen LogP contribution in [0.15, 0.2) is 43.0 Å². The fourth-order valence-electron chi connectivity index (χ4n) is 1.60. The van der Waals surface area contributed by atoms with Crippen LogP contribution < -0.4 is 5.73 Å². The molecule has 3 heteroatoms. The number of rotatable bonds is 6. The molecule has 0 fully saturated rings. The highest BCUT2D eigenvalue weighted by Crippen LogP contribution is 2.07. The van der Waals surface area contributed by atoms with Crippen molar-refractivity contribution in [2.24, 2.45) is 0 Å². The summed E-state index contributed by atoms with van der Waals surface area (Å²) in [5, 5.41) is 0. The molecule has 0 heterocycles. The molecule has 0 aliphatic carbocycles. The van der Waals surface area contributed by atoms with Crippen molar-refractivity contribution < 1.29 is 4.79 Å². The fourth-order valence-corrected chi connectivity index (χ4v) is 1.60. The maximum atomic E-state index is 11.9. The largest absolute Gasteiger partial charge is 0.399 e. The Bertz CT molecular complexity index is 421. The summed E-state index contributed by atoms with van der Waals surface area (Å²) in [4.78, 5) is 13.7. The van der Waals surface area contributed by atoms with E-state index < -0.39 is 0 Å². The smallest absolute Gasteiger partial charge is 0.246 e. The van der Waals surface area contributed by atoms with Crippen LogP contribution in [0.25, 0.3) is 6.08 Å². The standard InChI is InChI=1S/C15H20N2O/c1-3-11-17(12-4-2)15(18)10-7-13-5-8-14(16)9-6-13/h3,5-10H,1,4,11-12,16H2,2H3/b10-7+. The maximum absolute atomic E-state index is 11.9. The van der Waals surface area contributed by atoms with Gasteiger partial charge in [0, 0.05) is 24.9 Å². The van der Waals surface area contributed by atoms with E-state index in [4.69, 9.17) is 5.73 Å². The van der Waals surface area contributed by atoms with Crippen molar-refractivity contribution in [1.29, 1.82) is 0 Å². The highest BCUT2D eigenvalue weighted by atomic mass is 16.2. The van der Waals surface area contributed by atoms with Gasteiger partial charge in [0.25, 0.3) is 0 Å². The number of nitrogens with two attached hydrogens (primary N) is 1. The Morgan fingerprint density at radius 1 is 1.39 bits per heavy atom. The van der Waals surface area contributed by atoms with Crippen molar-refractivity contribution in [3.63, 3.8) is 0 Å². The van der Waals surface area contributed by atoms with E-state index in [0.717, 1.165) is 24.2 Å². The molecule has 0 atom stereocenters. The van der Waals surface area contributed by atoms with E-state index in [0.29, 0.717) is 6.54 Å². The van der Waals surface area contributed by atoms with E-state index in [9.17, 15) is 4.79 Å². The van der Waals surface area contributed by atoms with Crippen LogP contribution in [-0.2, 0) is 4.79 Å². The summed E-state index contributed by atoms with van der Waals surface area (Å²) in [5.41, 5.74) is 7.29. The summed E-state index contributed by atoms with van der Waals surface area (Å²) in [6.07, 6.45) is 6.07. The highest BCUT2D eigenvalue weighted by Gasteiger charge is 2.06. The summed E-state index contributed by atoms with van der Waals surface area (Å²) in [5.74, 6) is 0.00794. The Morgan fingerprint density at radius 2 is 2.06 bits per heavy atom. The van der Waals surface area contributed by atoms with Crippen LogP contribution in [0.4, 0.5) is 5.69 Å². The van der Waals surface area contributed by atoms with Gasteiger partial charge >= 0.3 is 0 Å². The van der Waals surface area contributed by atoms with Crippen LogP contribution in [0.5, 0.6) is 0 Å². The Labute approximate surface area is 109 Å². The summed E-state index contributed by atoms with van der Waals surface area (Å²) >= 11 is 0. The predicted octanol–water partition coefficient (Wildman–Crippen LogP) is 2.71. The molecule has 0 bridgehead atoms. The average Bonchev–Trinajstić information content (AvgIpc) is 2.37. The Kier molecular flexibility index (Phi) is 5.71. The second-order valence-corrected chi connectivity index (χ2v) is 4.07. The number of nitrogen functional groups attached to an aromatic ring is 1. The molecule has 18 heavy (non-hydrogen) atoms. The zero-order valence-electron chi connectivity index (χ0n) is 10.8. The Morgan fingerprint density at radius 3 is 2.61 bits per heavy atom. The molecule has 2 N–H and O–H groups in total. The zero-order chi connectivity index (χ0) is 13.4. The monoisotopic (exact) mass is 244 g/mol. The first kappa shape index (κ1) is 14.0. The number of benzene rings is 1. The van der Waals surface area contributed by atoms with Gasteiger partial charge in [-0.05, 0) is 30.2 Å². The van der Waals surface area contributed by atoms with Crippen molar-refractivity contribution in [2.75, 3.05) is 18.8 Å². The molecule has 0 saturated heterocycles. The lowest BCUT2D eigenvalue weighted by Crippen LogP contribution is -2.30. The number of anilines is 1. The molecule has 0 radical (unpaired) electrons. The first-order valence-corrected chi connectivity index (χ1v) is 6.10. The second kappa shape index (κ2) is 7.33. The first-order chi connectivity index (χ1) is 8.67. The number of hydrogen-bond donors (Lipinski definition) is 1. The van der Waals surface area contributed by atoms with Crippen LogP contribution in [0.2, 0.25) is 0 Å². The van der Waals surface area contributed by atoms with Gasteiger partial charge in [-0.2, -0.15) is 0 Å². The molecule has 1 amide bonds. The number of nitrogens with zero attached hydrogens (tertiary/aromatic N) is 1. The van der Waals surface area contributed by atoms with Gasteiger partial charge in [0.2, 0.25) is 5.91 Å². The van der Waals surface area contributed by atoms with E-state index in [1.165, 1.54) is 0 Å². The van der Waals surface area contributed by atoms with Crippen LogP contribution in [-0.4, -0.2) is 23.9 Å². The lowest BCUT2D eigenvalue weighted by Gasteiger charge is -2.18. The van der Waals surface area contributed by atoms with Crippen molar-refractivity contribution in [1.82, 2.24) is 4.90 Å². The quantitative estimate of drug-likeness (QED) is 0.475. The summed E-state index contributed by atoms with van der Waals surface area (Å²) in [6, 6.07) is 7.41. The van der Waals surface area contributed by atoms with Gasteiger partial charge in [0.05, 0.1) is 0 Å². The van der Waals surface area contributed by atoms with Gasteiger partial charge in [-0.3, -0.25) is 4.79 Å². The minimum atomic E-state index is 0.00794. The topological polar surface area (TPSA) is 46.3 Å². The lowest BCUT2D eigenvalue weighted by atomic mass is 10.2. The molecule has 0 spiro atoms. The molecule has 3 nitrogen and oxygen atoms in total. The van der Waals surface area contributed by atoms with E-state index in [1.54, 1.807) is 23.1 Å². The second-order valence-electron chi connectivity index (χ2n) is 4.07. The molecular formula is C15H20N2O. The molecule has 0 aliphatic rings. The SMILES string of the molecule is C=CCN(CCC)C(=O)/C=C/c1ccc(N)cc1. The van der Waals surface area contributed by atoms with Crippen LogP contribution in [0.3, 0.4) is 0 Å². The summed E-state index contributed by atoms with van der Waals surface area (Å²) in [6.45, 7) is 7.04. The van der Waals surface area contributed by atoms with Gasteiger partial charge in [-0.1, -0.05) is 25.1 Å². The minimum Gasteiger partial charge on any atom is -0.399 e. The summed E-state index contributed by atoms with van der Waals surface area (Å²) in [7, 11) is 0. The Balaban J connectivity index is 2.66. The number of carbonyl (C=O) groups is 1. The van der Waals surface area contributed by atoms with Crippen molar-refractivity contribution in [3.05, 3.63) is 48.6 Å². The van der Waals surface area contributed by atoms with Gasteiger partial charge < -0.3 is 10.6 Å². The Hall–Kier alpha value is -2.03.